The van der Waals surface area contributed by atoms with E-state index in [1.807, 2.05) is 17.5 Å². The van der Waals surface area contributed by atoms with Crippen molar-refractivity contribution in [3.05, 3.63) is 22.4 Å². The third-order valence-electron chi connectivity index (χ3n) is 5.21. The summed E-state index contributed by atoms with van der Waals surface area (Å²) >= 11 is 3.03. The van der Waals surface area contributed by atoms with Crippen LogP contribution in [0, 0.1) is 5.92 Å². The minimum atomic E-state index is 0.0420. The van der Waals surface area contributed by atoms with Crippen molar-refractivity contribution in [3.63, 3.8) is 0 Å². The number of thiophene rings is 1. The van der Waals surface area contributed by atoms with Crippen molar-refractivity contribution in [3.8, 4) is 15.8 Å². The van der Waals surface area contributed by atoms with Crippen molar-refractivity contribution in [2.24, 2.45) is 5.92 Å². The van der Waals surface area contributed by atoms with Crippen LogP contribution < -0.4 is 10.1 Å². The topological polar surface area (TPSA) is 54.5 Å². The lowest BCUT2D eigenvalue weighted by Gasteiger charge is -2.49. The highest BCUT2D eigenvalue weighted by Gasteiger charge is 2.40. The number of rotatable bonds is 4. The molecule has 2 atom stereocenters. The lowest BCUT2D eigenvalue weighted by atomic mass is 9.79. The minimum Gasteiger partial charge on any atom is -0.480 e. The number of aromatic nitrogens is 1. The van der Waals surface area contributed by atoms with Gasteiger partial charge >= 0.3 is 0 Å². The van der Waals surface area contributed by atoms with Crippen LogP contribution in [-0.4, -0.2) is 48.1 Å². The zero-order chi connectivity index (χ0) is 16.7. The average molecular weight is 364 g/mol. The molecule has 3 aliphatic heterocycles. The Morgan fingerprint density at radius 1 is 1.38 bits per heavy atom. The van der Waals surface area contributed by atoms with E-state index >= 15 is 0 Å². The van der Waals surface area contributed by atoms with Crippen LogP contribution in [0.4, 0.5) is 0 Å². The van der Waals surface area contributed by atoms with Gasteiger partial charge in [0.15, 0.2) is 0 Å². The molecular formula is C17H21N3O2S2. The third-order valence-corrected chi connectivity index (χ3v) is 7.28. The highest BCUT2D eigenvalue weighted by atomic mass is 32.1. The lowest BCUT2D eigenvalue weighted by Crippen LogP contribution is -2.62. The molecule has 1 amide bonds. The van der Waals surface area contributed by atoms with E-state index in [9.17, 15) is 4.79 Å². The fourth-order valence-electron chi connectivity index (χ4n) is 3.81. The highest BCUT2D eigenvalue weighted by Crippen LogP contribution is 2.34. The van der Waals surface area contributed by atoms with Gasteiger partial charge in [0, 0.05) is 12.1 Å². The standard InChI is InChI=1S/C17H21N3O2S2/c1-10-15(11-5-7-20(10)8-6-11)19-16(21)12-3-4-13(24-12)17-18-14(22-2)9-23-17/h3-4,9-11,15H,5-8H2,1-2H3,(H,19,21)/t10-,15-/m0/s1. The molecule has 7 heteroatoms. The van der Waals surface area contributed by atoms with E-state index in [1.54, 1.807) is 7.11 Å². The number of piperidine rings is 3. The number of hydrogen-bond donors (Lipinski definition) is 1. The summed E-state index contributed by atoms with van der Waals surface area (Å²) in [7, 11) is 1.61. The second kappa shape index (κ2) is 6.46. The van der Waals surface area contributed by atoms with E-state index in [4.69, 9.17) is 4.74 Å². The van der Waals surface area contributed by atoms with E-state index in [0.29, 0.717) is 17.8 Å². The van der Waals surface area contributed by atoms with Crippen LogP contribution in [-0.2, 0) is 0 Å². The number of nitrogens with one attached hydrogen (secondary N) is 1. The maximum absolute atomic E-state index is 12.7. The molecule has 24 heavy (non-hydrogen) atoms. The summed E-state index contributed by atoms with van der Waals surface area (Å²) in [6, 6.07) is 4.57. The molecule has 2 aromatic heterocycles. The van der Waals surface area contributed by atoms with Gasteiger partial charge in [-0.3, -0.25) is 9.69 Å². The van der Waals surface area contributed by atoms with Gasteiger partial charge in [0.1, 0.15) is 5.01 Å². The van der Waals surface area contributed by atoms with E-state index in [1.165, 1.54) is 48.6 Å². The lowest BCUT2D eigenvalue weighted by molar-refractivity contribution is 0.0218. The quantitative estimate of drug-likeness (QED) is 0.907. The molecule has 0 aliphatic carbocycles. The van der Waals surface area contributed by atoms with E-state index in [-0.39, 0.29) is 11.9 Å². The van der Waals surface area contributed by atoms with Crippen molar-refractivity contribution in [2.45, 2.75) is 31.8 Å². The predicted molar refractivity (Wildman–Crippen MR) is 97.0 cm³/mol. The number of ether oxygens (including phenoxy) is 1. The van der Waals surface area contributed by atoms with Crippen LogP contribution in [0.15, 0.2) is 17.5 Å². The molecule has 5 heterocycles. The summed E-state index contributed by atoms with van der Waals surface area (Å²) in [5.41, 5.74) is 0. The molecule has 0 spiro atoms. The Morgan fingerprint density at radius 3 is 2.83 bits per heavy atom. The molecule has 5 nitrogen and oxygen atoms in total. The van der Waals surface area contributed by atoms with Crippen molar-refractivity contribution >= 4 is 28.6 Å². The summed E-state index contributed by atoms with van der Waals surface area (Å²) in [6.45, 7) is 4.58. The highest BCUT2D eigenvalue weighted by molar-refractivity contribution is 7.22. The molecular weight excluding hydrogens is 342 g/mol. The molecule has 3 fully saturated rings. The molecule has 3 aliphatic rings. The Bertz CT molecular complexity index is 732. The number of hydrogen-bond acceptors (Lipinski definition) is 6. The molecule has 0 radical (unpaired) electrons. The van der Waals surface area contributed by atoms with Crippen molar-refractivity contribution in [1.29, 1.82) is 0 Å². The van der Waals surface area contributed by atoms with Crippen LogP contribution in [0.3, 0.4) is 0 Å². The molecule has 0 saturated carbocycles. The van der Waals surface area contributed by atoms with Crippen LogP contribution in [0.25, 0.3) is 9.88 Å². The van der Waals surface area contributed by atoms with Gasteiger partial charge < -0.3 is 10.1 Å². The average Bonchev–Trinajstić information content (AvgIpc) is 3.27. The number of thiazole rings is 1. The number of methoxy groups -OCH3 is 1. The SMILES string of the molecule is COc1csc(-c2ccc(C(=O)N[C@@H]3C4CCN(CC4)[C@H]3C)s2)n1. The first kappa shape index (κ1) is 16.1. The molecule has 128 valence electrons. The third kappa shape index (κ3) is 2.85. The van der Waals surface area contributed by atoms with Crippen molar-refractivity contribution in [2.75, 3.05) is 20.2 Å². The number of carbonyl (C=O) groups excluding carboxylic acids is 1. The fraction of sp³-hybridized carbons (Fsp3) is 0.529. The van der Waals surface area contributed by atoms with Gasteiger partial charge in [-0.05, 0) is 50.9 Å². The first-order valence-corrected chi connectivity index (χ1v) is 10.00. The van der Waals surface area contributed by atoms with E-state index in [0.717, 1.165) is 14.8 Å². The largest absolute Gasteiger partial charge is 0.480 e. The maximum atomic E-state index is 12.7. The normalized spacial score (nSPS) is 28.8. The predicted octanol–water partition coefficient (Wildman–Crippen LogP) is 3.09. The first-order valence-electron chi connectivity index (χ1n) is 8.30. The Labute approximate surface area is 149 Å². The summed E-state index contributed by atoms with van der Waals surface area (Å²) in [6.07, 6.45) is 2.40. The summed E-state index contributed by atoms with van der Waals surface area (Å²) < 4.78 is 5.13. The minimum absolute atomic E-state index is 0.0420. The number of amides is 1. The number of fused-ring (bicyclic) bond motifs is 3. The molecule has 1 N–H and O–H groups in total. The van der Waals surface area contributed by atoms with Crippen LogP contribution in [0.1, 0.15) is 29.4 Å². The maximum Gasteiger partial charge on any atom is 0.261 e. The van der Waals surface area contributed by atoms with Gasteiger partial charge in [-0.1, -0.05) is 0 Å². The van der Waals surface area contributed by atoms with Gasteiger partial charge in [-0.15, -0.1) is 22.7 Å². The molecule has 3 saturated heterocycles. The van der Waals surface area contributed by atoms with Gasteiger partial charge in [0.25, 0.3) is 5.91 Å². The van der Waals surface area contributed by atoms with Crippen molar-refractivity contribution < 1.29 is 9.53 Å². The summed E-state index contributed by atoms with van der Waals surface area (Å²) in [4.78, 5) is 21.3. The monoisotopic (exact) mass is 363 g/mol. The molecule has 2 aromatic rings. The fourth-order valence-corrected chi connectivity index (χ4v) is 5.56. The van der Waals surface area contributed by atoms with Gasteiger partial charge in [0.05, 0.1) is 22.2 Å². The second-order valence-corrected chi connectivity index (χ2v) is 8.41. The van der Waals surface area contributed by atoms with Crippen LogP contribution in [0.5, 0.6) is 5.88 Å². The Morgan fingerprint density at radius 2 is 2.17 bits per heavy atom. The Kier molecular flexibility index (Phi) is 4.32. The Balaban J connectivity index is 1.47. The molecule has 0 aromatic carbocycles. The van der Waals surface area contributed by atoms with Gasteiger partial charge in [-0.2, -0.15) is 0 Å². The number of carbonyl (C=O) groups is 1. The summed E-state index contributed by atoms with van der Waals surface area (Å²) in [5.74, 6) is 1.28. The van der Waals surface area contributed by atoms with E-state index < -0.39 is 0 Å². The number of nitrogens with zero attached hydrogens (tertiary/aromatic N) is 2. The molecule has 0 unspecified atom stereocenters. The van der Waals surface area contributed by atoms with Crippen molar-refractivity contribution in [1.82, 2.24) is 15.2 Å². The van der Waals surface area contributed by atoms with E-state index in [2.05, 4.69) is 22.1 Å². The van der Waals surface area contributed by atoms with Gasteiger partial charge in [0.2, 0.25) is 5.88 Å². The summed E-state index contributed by atoms with van der Waals surface area (Å²) in [5, 5.41) is 6.06. The zero-order valence-corrected chi connectivity index (χ0v) is 15.5. The van der Waals surface area contributed by atoms with Crippen LogP contribution >= 0.6 is 22.7 Å². The smallest absolute Gasteiger partial charge is 0.261 e. The van der Waals surface area contributed by atoms with Gasteiger partial charge in [-0.25, -0.2) is 4.98 Å². The first-order chi connectivity index (χ1) is 11.7. The molecule has 2 bridgehead atoms. The van der Waals surface area contributed by atoms with Crippen LogP contribution in [0.2, 0.25) is 0 Å². The second-order valence-electron chi connectivity index (χ2n) is 6.47. The zero-order valence-electron chi connectivity index (χ0n) is 13.8. The molecule has 5 rings (SSSR count). The Hall–Kier alpha value is -1.44.